The second-order valence-electron chi connectivity index (χ2n) is 9.56. The van der Waals surface area contributed by atoms with Gasteiger partial charge >= 0.3 is 0 Å². The van der Waals surface area contributed by atoms with Crippen molar-refractivity contribution in [3.05, 3.63) is 53.2 Å². The molecule has 0 saturated heterocycles. The molecule has 1 aromatic heterocycles. The van der Waals surface area contributed by atoms with Crippen molar-refractivity contribution in [2.75, 3.05) is 0 Å². The number of pyridine rings is 1. The van der Waals surface area contributed by atoms with Gasteiger partial charge in [-0.15, -0.1) is 0 Å². The van der Waals surface area contributed by atoms with Gasteiger partial charge in [0.15, 0.2) is 6.20 Å². The Morgan fingerprint density at radius 3 is 2.00 bits per heavy atom. The molecule has 0 unspecified atom stereocenters. The number of hydrogen-bond donors (Lipinski definition) is 0. The van der Waals surface area contributed by atoms with Crippen molar-refractivity contribution in [1.82, 2.24) is 0 Å². The summed E-state index contributed by atoms with van der Waals surface area (Å²) in [5.74, 6) is 0. The molecule has 0 bridgehead atoms. The molecule has 0 amide bonds. The van der Waals surface area contributed by atoms with Gasteiger partial charge < -0.3 is 0 Å². The Balaban J connectivity index is 2.51. The van der Waals surface area contributed by atoms with Crippen LogP contribution in [-0.4, -0.2) is 8.07 Å². The van der Waals surface area contributed by atoms with Crippen molar-refractivity contribution in [1.29, 1.82) is 5.26 Å². The van der Waals surface area contributed by atoms with Crippen LogP contribution in [0.1, 0.15) is 44.4 Å². The summed E-state index contributed by atoms with van der Waals surface area (Å²) in [6.45, 7) is 18.1. The molecule has 0 atom stereocenters. The molecule has 2 nitrogen and oxygen atoms in total. The highest BCUT2D eigenvalue weighted by molar-refractivity contribution is 6.78. The van der Waals surface area contributed by atoms with E-state index in [0.29, 0.717) is 0 Å². The van der Waals surface area contributed by atoms with Gasteiger partial charge in [-0.25, -0.2) is 4.57 Å². The van der Waals surface area contributed by atoms with Gasteiger partial charge in [0.25, 0.3) is 0 Å². The lowest BCUT2D eigenvalue weighted by Gasteiger charge is -2.36. The summed E-state index contributed by atoms with van der Waals surface area (Å²) in [5.41, 5.74) is 5.65. The Labute approximate surface area is 160 Å². The molecule has 0 aliphatic heterocycles. The third-order valence-corrected chi connectivity index (χ3v) is 10.3. The molecular formula is C23H33N2Si+. The van der Waals surface area contributed by atoms with Gasteiger partial charge in [0.05, 0.1) is 19.6 Å². The monoisotopic (exact) mass is 365 g/mol. The first-order valence-electron chi connectivity index (χ1n) is 9.34. The first-order valence-corrected chi connectivity index (χ1v) is 12.8. The summed E-state index contributed by atoms with van der Waals surface area (Å²) in [6.07, 6.45) is 2.29. The van der Waals surface area contributed by atoms with Crippen molar-refractivity contribution < 1.29 is 4.57 Å². The lowest BCUT2D eigenvalue weighted by Crippen LogP contribution is -2.46. The van der Waals surface area contributed by atoms with E-state index < -0.39 is 13.5 Å². The Hall–Kier alpha value is -1.92. The van der Waals surface area contributed by atoms with Crippen LogP contribution in [0, 0.1) is 18.3 Å². The topological polar surface area (TPSA) is 27.7 Å². The van der Waals surface area contributed by atoms with Crippen molar-refractivity contribution in [2.24, 2.45) is 7.05 Å². The summed E-state index contributed by atoms with van der Waals surface area (Å²) in [6, 6.07) is 13.3. The third-order valence-electron chi connectivity index (χ3n) is 6.23. The van der Waals surface area contributed by atoms with Crippen molar-refractivity contribution >= 4 is 8.07 Å². The first-order chi connectivity index (χ1) is 11.8. The van der Waals surface area contributed by atoms with Gasteiger partial charge in [0, 0.05) is 17.2 Å². The number of aryl methyl sites for hydroxylation is 2. The predicted octanol–water partition coefficient (Wildman–Crippen LogP) is 5.44. The Bertz CT molecular complexity index is 865. The average molecular weight is 366 g/mol. The maximum Gasteiger partial charge on any atom is 0.212 e. The number of nitriles is 1. The molecule has 0 N–H and O–H groups in total. The lowest BCUT2D eigenvalue weighted by molar-refractivity contribution is -0.661. The molecule has 1 heterocycles. The van der Waals surface area contributed by atoms with Crippen LogP contribution in [0.3, 0.4) is 0 Å². The first kappa shape index (κ1) is 20.4. The Morgan fingerprint density at radius 1 is 0.962 bits per heavy atom. The fraction of sp³-hybridized carbons (Fsp3) is 0.478. The Kier molecular flexibility index (Phi) is 5.23. The highest BCUT2D eigenvalue weighted by atomic mass is 28.3. The zero-order valence-electron chi connectivity index (χ0n) is 17.9. The molecular weight excluding hydrogens is 332 g/mol. The van der Waals surface area contributed by atoms with E-state index in [1.165, 1.54) is 22.4 Å². The average Bonchev–Trinajstić information content (AvgIpc) is 2.54. The second kappa shape index (κ2) is 6.67. The SMILES string of the molecule is Cc1cc(C(C)(C)C#N)ccc1-c1ccc(C(C)(C)[Si](C)(C)C)c[n+]1C. The van der Waals surface area contributed by atoms with E-state index in [1.54, 1.807) is 0 Å². The lowest BCUT2D eigenvalue weighted by atomic mass is 9.84. The molecule has 0 fully saturated rings. The zero-order valence-corrected chi connectivity index (χ0v) is 18.9. The van der Waals surface area contributed by atoms with Crippen molar-refractivity contribution in [3.8, 4) is 17.3 Å². The molecule has 0 radical (unpaired) electrons. The maximum atomic E-state index is 9.39. The number of hydrogen-bond acceptors (Lipinski definition) is 1. The van der Waals surface area contributed by atoms with E-state index in [0.717, 1.165) is 5.56 Å². The predicted molar refractivity (Wildman–Crippen MR) is 113 cm³/mol. The van der Waals surface area contributed by atoms with Gasteiger partial charge in [0.2, 0.25) is 5.69 Å². The van der Waals surface area contributed by atoms with Crippen molar-refractivity contribution in [2.45, 2.75) is 64.7 Å². The van der Waals surface area contributed by atoms with Crippen LogP contribution in [0.2, 0.25) is 19.6 Å². The molecule has 0 spiro atoms. The number of nitrogens with zero attached hydrogens (tertiary/aromatic N) is 2. The second-order valence-corrected chi connectivity index (χ2v) is 15.3. The minimum Gasteiger partial charge on any atom is -0.201 e. The molecule has 3 heteroatoms. The molecule has 138 valence electrons. The quantitative estimate of drug-likeness (QED) is 0.523. The summed E-state index contributed by atoms with van der Waals surface area (Å²) in [5, 5.41) is 9.61. The molecule has 0 aliphatic carbocycles. The smallest absolute Gasteiger partial charge is 0.201 e. The molecule has 2 aromatic rings. The molecule has 0 saturated carbocycles. The summed E-state index contributed by atoms with van der Waals surface area (Å²) in [4.78, 5) is 0. The largest absolute Gasteiger partial charge is 0.212 e. The number of benzene rings is 1. The standard InChI is InChI=1S/C23H33N2Si/c1-17-14-18(22(2,3)16-24)10-12-20(17)21-13-11-19(15-25(21)6)23(4,5)26(7,8)9/h10-15H,1-9H3/q+1. The minimum atomic E-state index is -1.33. The third kappa shape index (κ3) is 3.62. The summed E-state index contributed by atoms with van der Waals surface area (Å²) < 4.78 is 2.24. The van der Waals surface area contributed by atoms with Gasteiger partial charge in [-0.1, -0.05) is 45.6 Å². The van der Waals surface area contributed by atoms with Crippen LogP contribution in [0.25, 0.3) is 11.3 Å². The summed E-state index contributed by atoms with van der Waals surface area (Å²) in [7, 11) is 0.798. The van der Waals surface area contributed by atoms with E-state index in [-0.39, 0.29) is 5.04 Å². The normalized spacial score (nSPS) is 12.8. The fourth-order valence-corrected chi connectivity index (χ4v) is 4.11. The molecule has 26 heavy (non-hydrogen) atoms. The molecule has 1 aromatic carbocycles. The summed E-state index contributed by atoms with van der Waals surface area (Å²) >= 11 is 0. The van der Waals surface area contributed by atoms with E-state index in [4.69, 9.17) is 0 Å². The van der Waals surface area contributed by atoms with E-state index in [9.17, 15) is 5.26 Å². The van der Waals surface area contributed by atoms with Crippen LogP contribution in [0.5, 0.6) is 0 Å². The highest BCUT2D eigenvalue weighted by Crippen LogP contribution is 2.34. The van der Waals surface area contributed by atoms with Gasteiger partial charge in [-0.2, -0.15) is 5.26 Å². The van der Waals surface area contributed by atoms with Gasteiger partial charge in [0.1, 0.15) is 7.05 Å². The number of aromatic nitrogens is 1. The fourth-order valence-electron chi connectivity index (χ4n) is 3.09. The molecule has 2 rings (SSSR count). The van der Waals surface area contributed by atoms with Crippen LogP contribution in [0.15, 0.2) is 36.5 Å². The van der Waals surface area contributed by atoms with Crippen LogP contribution in [-0.2, 0) is 17.5 Å². The van der Waals surface area contributed by atoms with E-state index in [2.05, 4.69) is 94.6 Å². The maximum absolute atomic E-state index is 9.39. The highest BCUT2D eigenvalue weighted by Gasteiger charge is 2.37. The van der Waals surface area contributed by atoms with Gasteiger partial charge in [-0.05, 0) is 49.1 Å². The van der Waals surface area contributed by atoms with Crippen molar-refractivity contribution in [3.63, 3.8) is 0 Å². The minimum absolute atomic E-state index is 0.221. The molecule has 0 aliphatic rings. The number of rotatable bonds is 4. The van der Waals surface area contributed by atoms with Gasteiger partial charge in [-0.3, -0.25) is 0 Å². The zero-order chi connectivity index (χ0) is 19.9. The van der Waals surface area contributed by atoms with E-state index in [1.807, 2.05) is 13.8 Å². The van der Waals surface area contributed by atoms with E-state index >= 15 is 0 Å². The van der Waals surface area contributed by atoms with Crippen LogP contribution in [0.4, 0.5) is 0 Å². The van der Waals surface area contributed by atoms with Crippen LogP contribution < -0.4 is 4.57 Å². The Morgan fingerprint density at radius 2 is 1.54 bits per heavy atom. The van der Waals surface area contributed by atoms with Crippen LogP contribution >= 0.6 is 0 Å².